The number of halogens is 1. The molecule has 7 heteroatoms. The van der Waals surface area contributed by atoms with Crippen molar-refractivity contribution in [2.24, 2.45) is 5.10 Å². The van der Waals surface area contributed by atoms with Gasteiger partial charge in [0.2, 0.25) is 0 Å². The Morgan fingerprint density at radius 1 is 1.14 bits per heavy atom. The molecule has 2 aromatic rings. The van der Waals surface area contributed by atoms with Crippen LogP contribution in [0.3, 0.4) is 0 Å². The summed E-state index contributed by atoms with van der Waals surface area (Å²) in [5, 5.41) is 8.64. The van der Waals surface area contributed by atoms with Gasteiger partial charge < -0.3 is 15.0 Å². The van der Waals surface area contributed by atoms with Gasteiger partial charge in [0.15, 0.2) is 5.11 Å². The Morgan fingerprint density at radius 3 is 2.43 bits per heavy atom. The summed E-state index contributed by atoms with van der Waals surface area (Å²) < 4.78 is 5.19. The molecular formula is C21H25ClN4OS. The van der Waals surface area contributed by atoms with Crippen molar-refractivity contribution in [3.8, 4) is 5.75 Å². The van der Waals surface area contributed by atoms with E-state index < -0.39 is 0 Å². The Hall–Kier alpha value is -2.41. The average Bonchev–Trinajstić information content (AvgIpc) is 2.69. The van der Waals surface area contributed by atoms with Gasteiger partial charge in [-0.25, -0.2) is 0 Å². The first-order valence-corrected chi connectivity index (χ1v) is 9.61. The van der Waals surface area contributed by atoms with Crippen molar-refractivity contribution in [2.75, 3.05) is 33.1 Å². The summed E-state index contributed by atoms with van der Waals surface area (Å²) in [5.74, 6) is 0.832. The molecule has 0 unspecified atom stereocenters. The minimum Gasteiger partial charge on any atom is -0.497 e. The fraction of sp³-hybridized carbons (Fsp3) is 0.238. The molecule has 5 nitrogen and oxygen atoms in total. The van der Waals surface area contributed by atoms with Gasteiger partial charge in [-0.1, -0.05) is 29.8 Å². The average molecular weight is 417 g/mol. The highest BCUT2D eigenvalue weighted by Gasteiger charge is 2.01. The third kappa shape index (κ3) is 8.08. The van der Waals surface area contributed by atoms with Crippen molar-refractivity contribution < 1.29 is 4.74 Å². The zero-order chi connectivity index (χ0) is 20.4. The number of nitrogens with one attached hydrogen (secondary N) is 2. The maximum absolute atomic E-state index is 5.90. The van der Waals surface area contributed by atoms with Gasteiger partial charge in [0.1, 0.15) is 5.75 Å². The fourth-order valence-electron chi connectivity index (χ4n) is 2.24. The molecule has 2 N–H and O–H groups in total. The Kier molecular flexibility index (Phi) is 8.94. The molecule has 0 amide bonds. The third-order valence-electron chi connectivity index (χ3n) is 3.80. The number of benzene rings is 2. The lowest BCUT2D eigenvalue weighted by molar-refractivity contribution is 0.415. The standard InChI is InChI=1S/C21H25ClN4OS/c1-26(2)15-14-19(9-4-16-5-12-20(27-3)13-6-16)24-25-21(28)23-18-10-7-17(22)8-11-18/h4-13H,14-15H2,1-3H3,(H2,23,25,28)/b9-4?,24-19-. The van der Waals surface area contributed by atoms with Crippen LogP contribution in [-0.4, -0.2) is 43.5 Å². The zero-order valence-corrected chi connectivity index (χ0v) is 17.8. The number of thiocarbonyl (C=S) groups is 1. The second-order valence-corrected chi connectivity index (χ2v) is 7.18. The predicted octanol–water partition coefficient (Wildman–Crippen LogP) is 4.66. The number of allylic oxidation sites excluding steroid dienone is 1. The maximum Gasteiger partial charge on any atom is 0.191 e. The van der Waals surface area contributed by atoms with Crippen LogP contribution in [-0.2, 0) is 0 Å². The Bertz CT molecular complexity index is 817. The Labute approximate surface area is 177 Å². The number of anilines is 1. The van der Waals surface area contributed by atoms with Gasteiger partial charge >= 0.3 is 0 Å². The molecule has 0 heterocycles. The molecule has 148 valence electrons. The molecule has 28 heavy (non-hydrogen) atoms. The summed E-state index contributed by atoms with van der Waals surface area (Å²) in [6.07, 6.45) is 4.80. The lowest BCUT2D eigenvalue weighted by Crippen LogP contribution is -2.25. The normalized spacial score (nSPS) is 11.7. The van der Waals surface area contributed by atoms with E-state index in [2.05, 4.69) is 20.7 Å². The molecule has 2 aromatic carbocycles. The first-order valence-electron chi connectivity index (χ1n) is 8.82. The molecular weight excluding hydrogens is 392 g/mol. The molecule has 2 rings (SSSR count). The number of nitrogens with zero attached hydrogens (tertiary/aromatic N) is 2. The Balaban J connectivity index is 2.02. The highest BCUT2D eigenvalue weighted by molar-refractivity contribution is 7.80. The molecule has 0 fully saturated rings. The fourth-order valence-corrected chi connectivity index (χ4v) is 2.53. The highest BCUT2D eigenvalue weighted by atomic mass is 35.5. The number of ether oxygens (including phenoxy) is 1. The van der Waals surface area contributed by atoms with Crippen LogP contribution in [0.2, 0.25) is 5.02 Å². The topological polar surface area (TPSA) is 48.9 Å². The van der Waals surface area contributed by atoms with Crippen molar-refractivity contribution in [2.45, 2.75) is 6.42 Å². The number of methoxy groups -OCH3 is 1. The number of rotatable bonds is 8. The summed E-state index contributed by atoms with van der Waals surface area (Å²) in [4.78, 5) is 2.11. The quantitative estimate of drug-likeness (QED) is 0.372. The van der Waals surface area contributed by atoms with Crippen LogP contribution < -0.4 is 15.5 Å². The van der Waals surface area contributed by atoms with E-state index >= 15 is 0 Å². The summed E-state index contributed by atoms with van der Waals surface area (Å²) in [6.45, 7) is 0.880. The highest BCUT2D eigenvalue weighted by Crippen LogP contribution is 2.14. The minimum atomic E-state index is 0.419. The molecule has 0 aliphatic rings. The molecule has 0 saturated carbocycles. The Morgan fingerprint density at radius 2 is 1.82 bits per heavy atom. The van der Waals surface area contributed by atoms with Gasteiger partial charge in [0, 0.05) is 23.7 Å². The van der Waals surface area contributed by atoms with E-state index in [9.17, 15) is 0 Å². The maximum atomic E-state index is 5.90. The van der Waals surface area contributed by atoms with Crippen LogP contribution in [0.4, 0.5) is 5.69 Å². The van der Waals surface area contributed by atoms with Gasteiger partial charge in [0.05, 0.1) is 12.8 Å². The van der Waals surface area contributed by atoms with Crippen molar-refractivity contribution in [1.29, 1.82) is 0 Å². The van der Waals surface area contributed by atoms with Gasteiger partial charge in [0.25, 0.3) is 0 Å². The van der Waals surface area contributed by atoms with Crippen molar-refractivity contribution >= 4 is 46.4 Å². The monoisotopic (exact) mass is 416 g/mol. The summed E-state index contributed by atoms with van der Waals surface area (Å²) in [6, 6.07) is 15.2. The molecule has 0 aliphatic carbocycles. The third-order valence-corrected chi connectivity index (χ3v) is 4.25. The minimum absolute atomic E-state index is 0.419. The molecule has 0 aromatic heterocycles. The number of hydrogen-bond acceptors (Lipinski definition) is 4. The first-order chi connectivity index (χ1) is 13.5. The van der Waals surface area contributed by atoms with Crippen molar-refractivity contribution in [3.63, 3.8) is 0 Å². The lowest BCUT2D eigenvalue weighted by Gasteiger charge is -2.11. The van der Waals surface area contributed by atoms with E-state index in [0.717, 1.165) is 35.7 Å². The summed E-state index contributed by atoms with van der Waals surface area (Å²) in [7, 11) is 5.72. The number of hydrazone groups is 1. The van der Waals surface area contributed by atoms with Crippen LogP contribution in [0.1, 0.15) is 12.0 Å². The van der Waals surface area contributed by atoms with Gasteiger partial charge in [-0.2, -0.15) is 5.10 Å². The first kappa shape index (κ1) is 21.9. The van der Waals surface area contributed by atoms with Crippen LogP contribution in [0.15, 0.2) is 59.7 Å². The molecule has 0 spiro atoms. The van der Waals surface area contributed by atoms with E-state index in [0.29, 0.717) is 10.1 Å². The summed E-state index contributed by atoms with van der Waals surface area (Å²) >= 11 is 11.2. The van der Waals surface area contributed by atoms with Crippen LogP contribution in [0, 0.1) is 0 Å². The molecule has 0 aliphatic heterocycles. The van der Waals surface area contributed by atoms with E-state index in [1.807, 2.05) is 62.6 Å². The van der Waals surface area contributed by atoms with Crippen LogP contribution in [0.5, 0.6) is 5.75 Å². The zero-order valence-electron chi connectivity index (χ0n) is 16.3. The SMILES string of the molecule is COc1ccc(C=C/C(CCN(C)C)=N/NC(=S)Nc2ccc(Cl)cc2)cc1. The smallest absolute Gasteiger partial charge is 0.191 e. The molecule has 0 radical (unpaired) electrons. The number of hydrogen-bond donors (Lipinski definition) is 2. The lowest BCUT2D eigenvalue weighted by atomic mass is 10.1. The van der Waals surface area contributed by atoms with Gasteiger partial charge in [-0.15, -0.1) is 0 Å². The molecule has 0 bridgehead atoms. The second kappa shape index (κ2) is 11.4. The predicted molar refractivity (Wildman–Crippen MR) is 123 cm³/mol. The van der Waals surface area contributed by atoms with Crippen LogP contribution >= 0.6 is 23.8 Å². The van der Waals surface area contributed by atoms with Crippen molar-refractivity contribution in [1.82, 2.24) is 10.3 Å². The van der Waals surface area contributed by atoms with Gasteiger partial charge in [-0.05, 0) is 74.4 Å². The van der Waals surface area contributed by atoms with E-state index in [1.54, 1.807) is 19.2 Å². The largest absolute Gasteiger partial charge is 0.497 e. The molecule has 0 saturated heterocycles. The van der Waals surface area contributed by atoms with E-state index in [-0.39, 0.29) is 0 Å². The van der Waals surface area contributed by atoms with Gasteiger partial charge in [-0.3, -0.25) is 5.43 Å². The second-order valence-electron chi connectivity index (χ2n) is 6.34. The summed E-state index contributed by atoms with van der Waals surface area (Å²) in [5.41, 5.74) is 5.72. The van der Waals surface area contributed by atoms with Crippen LogP contribution in [0.25, 0.3) is 6.08 Å². The van der Waals surface area contributed by atoms with E-state index in [4.69, 9.17) is 28.6 Å². The molecule has 0 atom stereocenters. The van der Waals surface area contributed by atoms with Crippen molar-refractivity contribution in [3.05, 3.63) is 65.2 Å². The van der Waals surface area contributed by atoms with E-state index in [1.165, 1.54) is 0 Å².